The topological polar surface area (TPSA) is 21.7 Å². The summed E-state index contributed by atoms with van der Waals surface area (Å²) >= 11 is 0. The van der Waals surface area contributed by atoms with Crippen LogP contribution in [0, 0.1) is 11.8 Å². The van der Waals surface area contributed by atoms with Crippen LogP contribution in [-0.4, -0.2) is 44.4 Å². The van der Waals surface area contributed by atoms with Crippen LogP contribution < -0.4 is 4.74 Å². The van der Waals surface area contributed by atoms with Crippen molar-refractivity contribution in [1.82, 2.24) is 4.90 Å². The molecule has 0 spiro atoms. The van der Waals surface area contributed by atoms with Crippen LogP contribution in [0.3, 0.4) is 0 Å². The van der Waals surface area contributed by atoms with E-state index in [1.807, 2.05) is 0 Å². The number of nitrogens with zero attached hydrogens (tertiary/aromatic N) is 1. The highest BCUT2D eigenvalue weighted by Gasteiger charge is 2.30. The van der Waals surface area contributed by atoms with Gasteiger partial charge in [-0.1, -0.05) is 17.9 Å². The number of hydrogen-bond donors (Lipinski definition) is 0. The van der Waals surface area contributed by atoms with Crippen LogP contribution >= 0.6 is 0 Å². The van der Waals surface area contributed by atoms with E-state index in [4.69, 9.17) is 9.47 Å². The Hall–Kier alpha value is -1.71. The summed E-state index contributed by atoms with van der Waals surface area (Å²) in [5.74, 6) is 5.92. The normalized spacial score (nSPS) is 16.1. The van der Waals surface area contributed by atoms with Gasteiger partial charge in [0.25, 0.3) is 0 Å². The fourth-order valence-corrected chi connectivity index (χ4v) is 1.86. The van der Waals surface area contributed by atoms with Crippen LogP contribution in [0.1, 0.15) is 5.56 Å². The van der Waals surface area contributed by atoms with Gasteiger partial charge in [-0.3, -0.25) is 4.90 Å². The Morgan fingerprint density at radius 1 is 1.19 bits per heavy atom. The zero-order valence-electron chi connectivity index (χ0n) is 11.4. The zero-order chi connectivity index (χ0) is 15.1. The molecule has 0 unspecified atom stereocenters. The van der Waals surface area contributed by atoms with Gasteiger partial charge in [-0.25, -0.2) is 0 Å². The maximum Gasteiger partial charge on any atom is 0.416 e. The first-order valence-corrected chi connectivity index (χ1v) is 6.61. The van der Waals surface area contributed by atoms with Gasteiger partial charge in [0.2, 0.25) is 0 Å². The van der Waals surface area contributed by atoms with Gasteiger partial charge in [-0.05, 0) is 18.2 Å². The summed E-state index contributed by atoms with van der Waals surface area (Å²) in [5.41, 5.74) is -0.721. The third-order valence-corrected chi connectivity index (χ3v) is 3.00. The molecule has 0 atom stereocenters. The zero-order valence-corrected chi connectivity index (χ0v) is 11.4. The molecule has 0 saturated carbocycles. The highest BCUT2D eigenvalue weighted by Crippen LogP contribution is 2.31. The van der Waals surface area contributed by atoms with Crippen LogP contribution in [0.2, 0.25) is 0 Å². The Balaban J connectivity index is 1.78. The highest BCUT2D eigenvalue weighted by atomic mass is 19.4. The molecule has 21 heavy (non-hydrogen) atoms. The molecule has 6 heteroatoms. The minimum atomic E-state index is -4.36. The molecule has 1 saturated heterocycles. The summed E-state index contributed by atoms with van der Waals surface area (Å²) in [6, 6.07) is 4.79. The lowest BCUT2D eigenvalue weighted by molar-refractivity contribution is -0.137. The minimum absolute atomic E-state index is 0.0751. The lowest BCUT2D eigenvalue weighted by Crippen LogP contribution is -2.36. The quantitative estimate of drug-likeness (QED) is 0.800. The number of ether oxygens (including phenoxy) is 2. The second kappa shape index (κ2) is 7.34. The van der Waals surface area contributed by atoms with Crippen molar-refractivity contribution in [2.75, 3.05) is 39.5 Å². The Labute approximate surface area is 121 Å². The van der Waals surface area contributed by atoms with Crippen molar-refractivity contribution in [2.45, 2.75) is 6.18 Å². The number of rotatable bonds is 3. The van der Waals surface area contributed by atoms with Gasteiger partial charge in [-0.15, -0.1) is 0 Å². The molecule has 0 aromatic heterocycles. The van der Waals surface area contributed by atoms with Crippen LogP contribution in [0.4, 0.5) is 13.2 Å². The largest absolute Gasteiger partial charge is 0.481 e. The van der Waals surface area contributed by atoms with Gasteiger partial charge < -0.3 is 9.47 Å². The molecular formula is C15H16F3NO2. The summed E-state index contributed by atoms with van der Waals surface area (Å²) in [6.45, 7) is 3.82. The lowest BCUT2D eigenvalue weighted by atomic mass is 10.2. The summed E-state index contributed by atoms with van der Waals surface area (Å²) in [7, 11) is 0. The third-order valence-electron chi connectivity index (χ3n) is 3.00. The second-order valence-corrected chi connectivity index (χ2v) is 4.56. The van der Waals surface area contributed by atoms with Crippen molar-refractivity contribution in [1.29, 1.82) is 0 Å². The van der Waals surface area contributed by atoms with Gasteiger partial charge in [-0.2, -0.15) is 13.2 Å². The van der Waals surface area contributed by atoms with Crippen molar-refractivity contribution in [2.24, 2.45) is 0 Å². The maximum absolute atomic E-state index is 12.5. The van der Waals surface area contributed by atoms with Gasteiger partial charge in [0.1, 0.15) is 12.4 Å². The van der Waals surface area contributed by atoms with E-state index in [1.165, 1.54) is 12.1 Å². The van der Waals surface area contributed by atoms with Crippen molar-refractivity contribution >= 4 is 0 Å². The van der Waals surface area contributed by atoms with E-state index >= 15 is 0 Å². The van der Waals surface area contributed by atoms with E-state index in [1.54, 1.807) is 0 Å². The average Bonchev–Trinajstić information content (AvgIpc) is 2.47. The first kappa shape index (κ1) is 15.7. The predicted molar refractivity (Wildman–Crippen MR) is 72.0 cm³/mol. The van der Waals surface area contributed by atoms with Gasteiger partial charge in [0.05, 0.1) is 25.3 Å². The number of benzene rings is 1. The molecule has 1 heterocycles. The molecule has 1 aliphatic heterocycles. The molecule has 3 nitrogen and oxygen atoms in total. The number of halogens is 3. The molecule has 1 fully saturated rings. The van der Waals surface area contributed by atoms with E-state index in [2.05, 4.69) is 16.7 Å². The van der Waals surface area contributed by atoms with Crippen LogP contribution in [0.25, 0.3) is 0 Å². The van der Waals surface area contributed by atoms with Crippen molar-refractivity contribution < 1.29 is 22.6 Å². The first-order valence-electron chi connectivity index (χ1n) is 6.61. The van der Waals surface area contributed by atoms with E-state index in [0.717, 1.165) is 25.2 Å². The van der Waals surface area contributed by atoms with Crippen LogP contribution in [0.5, 0.6) is 5.75 Å². The SMILES string of the molecule is FC(F)(F)c1cccc(OCC#CCN2CCOCC2)c1. The van der Waals surface area contributed by atoms with Crippen molar-refractivity contribution in [3.05, 3.63) is 29.8 Å². The van der Waals surface area contributed by atoms with E-state index in [-0.39, 0.29) is 12.4 Å². The molecule has 114 valence electrons. The molecule has 0 amide bonds. The lowest BCUT2D eigenvalue weighted by Gasteiger charge is -2.24. The highest BCUT2D eigenvalue weighted by molar-refractivity contribution is 5.30. The van der Waals surface area contributed by atoms with E-state index < -0.39 is 11.7 Å². The summed E-state index contributed by atoms with van der Waals surface area (Å²) in [6.07, 6.45) is -4.36. The summed E-state index contributed by atoms with van der Waals surface area (Å²) in [5, 5.41) is 0. The molecular weight excluding hydrogens is 283 g/mol. The van der Waals surface area contributed by atoms with Gasteiger partial charge >= 0.3 is 6.18 Å². The number of alkyl halides is 3. The monoisotopic (exact) mass is 299 g/mol. The van der Waals surface area contributed by atoms with Gasteiger partial charge in [0, 0.05) is 13.1 Å². The molecule has 1 aliphatic rings. The Kier molecular flexibility index (Phi) is 5.48. The molecule has 2 rings (SSSR count). The maximum atomic E-state index is 12.5. The molecule has 0 radical (unpaired) electrons. The molecule has 0 bridgehead atoms. The molecule has 0 N–H and O–H groups in total. The average molecular weight is 299 g/mol. The Morgan fingerprint density at radius 3 is 2.67 bits per heavy atom. The smallest absolute Gasteiger partial charge is 0.416 e. The Bertz CT molecular complexity index is 514. The second-order valence-electron chi connectivity index (χ2n) is 4.56. The number of morpholine rings is 1. The molecule has 1 aromatic rings. The van der Waals surface area contributed by atoms with Crippen molar-refractivity contribution in [3.8, 4) is 17.6 Å². The van der Waals surface area contributed by atoms with Gasteiger partial charge in [0.15, 0.2) is 0 Å². The van der Waals surface area contributed by atoms with Crippen molar-refractivity contribution in [3.63, 3.8) is 0 Å². The summed E-state index contributed by atoms with van der Waals surface area (Å²) < 4.78 is 48.0. The fraction of sp³-hybridized carbons (Fsp3) is 0.467. The minimum Gasteiger partial charge on any atom is -0.481 e. The van der Waals surface area contributed by atoms with Crippen LogP contribution in [-0.2, 0) is 10.9 Å². The Morgan fingerprint density at radius 2 is 1.95 bits per heavy atom. The standard InChI is InChI=1S/C15H16F3NO2/c16-15(17,18)13-4-3-5-14(12-13)21-9-2-1-6-19-7-10-20-11-8-19/h3-5,12H,6-11H2. The first-order chi connectivity index (χ1) is 10.1. The van der Waals surface area contributed by atoms with E-state index in [0.29, 0.717) is 19.8 Å². The van der Waals surface area contributed by atoms with Crippen LogP contribution in [0.15, 0.2) is 24.3 Å². The fourth-order valence-electron chi connectivity index (χ4n) is 1.86. The molecule has 0 aliphatic carbocycles. The number of hydrogen-bond acceptors (Lipinski definition) is 3. The summed E-state index contributed by atoms with van der Waals surface area (Å²) in [4.78, 5) is 2.15. The third kappa shape index (κ3) is 5.29. The molecule has 1 aromatic carbocycles. The predicted octanol–water partition coefficient (Wildman–Crippen LogP) is 2.42. The van der Waals surface area contributed by atoms with E-state index in [9.17, 15) is 13.2 Å².